The summed E-state index contributed by atoms with van der Waals surface area (Å²) >= 11 is 6.27. The molecule has 3 aliphatic heterocycles. The highest BCUT2D eigenvalue weighted by atomic mass is 35.5. The first-order valence-corrected chi connectivity index (χ1v) is 4.08. The summed E-state index contributed by atoms with van der Waals surface area (Å²) in [6.07, 6.45) is 3.65. The molecule has 0 N–H and O–H groups in total. The molecule has 0 amide bonds. The van der Waals surface area contributed by atoms with Gasteiger partial charge in [0.15, 0.2) is 0 Å². The van der Waals surface area contributed by atoms with Crippen LogP contribution in [0.5, 0.6) is 0 Å². The molecule has 0 atom stereocenters. The zero-order chi connectivity index (χ0) is 6.32. The summed E-state index contributed by atoms with van der Waals surface area (Å²) in [4.78, 5) is 2.72. The van der Waals surface area contributed by atoms with Crippen LogP contribution in [-0.4, -0.2) is 29.4 Å². The van der Waals surface area contributed by atoms with Crippen LogP contribution in [0.25, 0.3) is 0 Å². The van der Waals surface area contributed by atoms with E-state index in [0.717, 1.165) is 0 Å². The Labute approximate surface area is 61.0 Å². The number of piperidine rings is 3. The fourth-order valence-corrected chi connectivity index (χ4v) is 2.04. The van der Waals surface area contributed by atoms with Gasteiger partial charge in [-0.3, -0.25) is 0 Å². The standard InChI is InChI=1S/C7H12ClN/c8-7-1-4-9(5-2-7)6-3-7/h1-6H2. The number of fused-ring (bicyclic) bond motifs is 3. The molecule has 0 aromatic heterocycles. The van der Waals surface area contributed by atoms with Gasteiger partial charge in [-0.15, -0.1) is 11.6 Å². The Balaban J connectivity index is 2.11. The molecular weight excluding hydrogens is 134 g/mol. The zero-order valence-corrected chi connectivity index (χ0v) is 6.32. The van der Waals surface area contributed by atoms with E-state index in [1.807, 2.05) is 0 Å². The van der Waals surface area contributed by atoms with Gasteiger partial charge in [-0.25, -0.2) is 0 Å². The summed E-state index contributed by atoms with van der Waals surface area (Å²) < 4.78 is 0. The number of rotatable bonds is 0. The highest BCUT2D eigenvalue weighted by Gasteiger charge is 2.37. The van der Waals surface area contributed by atoms with Crippen molar-refractivity contribution in [2.24, 2.45) is 0 Å². The Morgan fingerprint density at radius 2 is 1.44 bits per heavy atom. The predicted molar refractivity (Wildman–Crippen MR) is 38.9 cm³/mol. The first kappa shape index (κ1) is 5.99. The second-order valence-corrected chi connectivity index (χ2v) is 4.04. The lowest BCUT2D eigenvalue weighted by molar-refractivity contribution is 0.127. The van der Waals surface area contributed by atoms with E-state index in [2.05, 4.69) is 4.90 Å². The predicted octanol–water partition coefficient (Wildman–Crippen LogP) is 1.46. The van der Waals surface area contributed by atoms with Crippen LogP contribution in [0.4, 0.5) is 0 Å². The van der Waals surface area contributed by atoms with Crippen molar-refractivity contribution < 1.29 is 0 Å². The van der Waals surface area contributed by atoms with Crippen molar-refractivity contribution in [1.29, 1.82) is 0 Å². The van der Waals surface area contributed by atoms with Crippen LogP contribution < -0.4 is 0 Å². The molecule has 3 heterocycles. The molecule has 3 fully saturated rings. The molecule has 0 radical (unpaired) electrons. The molecule has 52 valence electrons. The Morgan fingerprint density at radius 1 is 1.00 bits per heavy atom. The molecule has 0 aromatic carbocycles. The van der Waals surface area contributed by atoms with E-state index in [4.69, 9.17) is 11.6 Å². The molecule has 3 rings (SSSR count). The van der Waals surface area contributed by atoms with Crippen molar-refractivity contribution in [3.05, 3.63) is 0 Å². The lowest BCUT2D eigenvalue weighted by Gasteiger charge is -2.44. The van der Waals surface area contributed by atoms with Crippen LogP contribution in [0, 0.1) is 0 Å². The number of nitrogens with zero attached hydrogens (tertiary/aromatic N) is 1. The molecule has 0 spiro atoms. The molecule has 0 saturated carbocycles. The highest BCUT2D eigenvalue weighted by Crippen LogP contribution is 2.37. The maximum absolute atomic E-state index is 6.27. The smallest absolute Gasteiger partial charge is 0.0483 e. The van der Waals surface area contributed by atoms with Crippen molar-refractivity contribution >= 4 is 11.6 Å². The first-order valence-electron chi connectivity index (χ1n) is 3.70. The van der Waals surface area contributed by atoms with Gasteiger partial charge in [0.1, 0.15) is 0 Å². The maximum atomic E-state index is 6.27. The summed E-state index contributed by atoms with van der Waals surface area (Å²) in [6.45, 7) is 3.72. The quantitative estimate of drug-likeness (QED) is 0.467. The number of alkyl halides is 1. The van der Waals surface area contributed by atoms with Gasteiger partial charge in [-0.1, -0.05) is 0 Å². The lowest BCUT2D eigenvalue weighted by atomic mass is 9.87. The van der Waals surface area contributed by atoms with Crippen LogP contribution in [-0.2, 0) is 0 Å². The molecule has 0 aliphatic carbocycles. The van der Waals surface area contributed by atoms with Crippen LogP contribution >= 0.6 is 11.6 Å². The van der Waals surface area contributed by atoms with Crippen molar-refractivity contribution in [3.8, 4) is 0 Å². The van der Waals surface area contributed by atoms with E-state index < -0.39 is 0 Å². The Bertz CT molecular complexity index is 102. The fourth-order valence-electron chi connectivity index (χ4n) is 1.79. The molecule has 2 bridgehead atoms. The van der Waals surface area contributed by atoms with Gasteiger partial charge in [0.2, 0.25) is 0 Å². The number of halogens is 1. The van der Waals surface area contributed by atoms with E-state index >= 15 is 0 Å². The van der Waals surface area contributed by atoms with Gasteiger partial charge < -0.3 is 4.90 Å². The van der Waals surface area contributed by atoms with Gasteiger partial charge in [0, 0.05) is 4.87 Å². The molecule has 3 aliphatic rings. The molecule has 2 heteroatoms. The third-order valence-corrected chi connectivity index (χ3v) is 3.20. The van der Waals surface area contributed by atoms with Crippen LogP contribution in [0.3, 0.4) is 0 Å². The van der Waals surface area contributed by atoms with Crippen LogP contribution in [0.2, 0.25) is 0 Å². The van der Waals surface area contributed by atoms with E-state index in [0.29, 0.717) is 0 Å². The van der Waals surface area contributed by atoms with Gasteiger partial charge in [0.25, 0.3) is 0 Å². The minimum atomic E-state index is 0.217. The Hall–Kier alpha value is 0.250. The van der Waals surface area contributed by atoms with Crippen molar-refractivity contribution in [3.63, 3.8) is 0 Å². The van der Waals surface area contributed by atoms with Crippen LogP contribution in [0.1, 0.15) is 19.3 Å². The van der Waals surface area contributed by atoms with Crippen molar-refractivity contribution in [2.75, 3.05) is 19.6 Å². The average Bonchev–Trinajstić information content (AvgIpc) is 1.90. The molecule has 1 nitrogen and oxygen atoms in total. The highest BCUT2D eigenvalue weighted by molar-refractivity contribution is 6.24. The summed E-state index contributed by atoms with van der Waals surface area (Å²) in [7, 11) is 0. The Morgan fingerprint density at radius 3 is 1.67 bits per heavy atom. The summed E-state index contributed by atoms with van der Waals surface area (Å²) in [5.74, 6) is 0. The minimum absolute atomic E-state index is 0.217. The fraction of sp³-hybridized carbons (Fsp3) is 1.00. The summed E-state index contributed by atoms with van der Waals surface area (Å²) in [5, 5.41) is 0. The van der Waals surface area contributed by atoms with Crippen molar-refractivity contribution in [2.45, 2.75) is 24.1 Å². The first-order chi connectivity index (χ1) is 4.29. The largest absolute Gasteiger partial charge is 0.303 e. The molecule has 0 aromatic rings. The second-order valence-electron chi connectivity index (χ2n) is 3.24. The van der Waals surface area contributed by atoms with Crippen molar-refractivity contribution in [1.82, 2.24) is 4.90 Å². The van der Waals surface area contributed by atoms with Gasteiger partial charge >= 0.3 is 0 Å². The molecule has 9 heavy (non-hydrogen) atoms. The van der Waals surface area contributed by atoms with E-state index in [1.165, 1.54) is 38.9 Å². The second kappa shape index (κ2) is 1.86. The van der Waals surface area contributed by atoms with Crippen LogP contribution in [0.15, 0.2) is 0 Å². The molecular formula is C7H12ClN. The van der Waals surface area contributed by atoms with E-state index in [-0.39, 0.29) is 4.87 Å². The average molecular weight is 146 g/mol. The monoisotopic (exact) mass is 145 g/mol. The summed E-state index contributed by atoms with van der Waals surface area (Å²) in [5.41, 5.74) is 0. The molecule has 3 saturated heterocycles. The van der Waals surface area contributed by atoms with E-state index in [1.54, 1.807) is 0 Å². The molecule has 0 unspecified atom stereocenters. The zero-order valence-electron chi connectivity index (χ0n) is 5.57. The third kappa shape index (κ3) is 0.968. The van der Waals surface area contributed by atoms with Gasteiger partial charge in [0.05, 0.1) is 0 Å². The lowest BCUT2D eigenvalue weighted by Crippen LogP contribution is -2.49. The number of hydrogen-bond donors (Lipinski definition) is 0. The minimum Gasteiger partial charge on any atom is -0.303 e. The van der Waals surface area contributed by atoms with E-state index in [9.17, 15) is 0 Å². The normalized spacial score (nSPS) is 49.7. The third-order valence-electron chi connectivity index (χ3n) is 2.63. The topological polar surface area (TPSA) is 3.24 Å². The van der Waals surface area contributed by atoms with Gasteiger partial charge in [-0.2, -0.15) is 0 Å². The van der Waals surface area contributed by atoms with Gasteiger partial charge in [-0.05, 0) is 38.9 Å². The summed E-state index contributed by atoms with van der Waals surface area (Å²) in [6, 6.07) is 0. The number of hydrogen-bond acceptors (Lipinski definition) is 1. The Kier molecular flexibility index (Phi) is 1.24. The maximum Gasteiger partial charge on any atom is 0.0483 e. The SMILES string of the molecule is ClC12CCN(CC1)CC2.